The molecule has 0 bridgehead atoms. The molecule has 1 aromatic heterocycles. The van der Waals surface area contributed by atoms with Gasteiger partial charge in [0, 0.05) is 38.7 Å². The summed E-state index contributed by atoms with van der Waals surface area (Å²) in [6, 6.07) is 8.61. The Labute approximate surface area is 176 Å². The van der Waals surface area contributed by atoms with Gasteiger partial charge in [0.05, 0.1) is 6.20 Å². The van der Waals surface area contributed by atoms with Crippen LogP contribution in [0.1, 0.15) is 42.0 Å². The normalized spacial score (nSPS) is 26.2. The Balaban J connectivity index is 1.31. The second-order valence-corrected chi connectivity index (χ2v) is 9.09. The number of aliphatic hydroxyl groups excluding tert-OH is 1. The van der Waals surface area contributed by atoms with Crippen molar-refractivity contribution < 1.29 is 5.11 Å². The fourth-order valence-corrected chi connectivity index (χ4v) is 5.17. The van der Waals surface area contributed by atoms with E-state index in [0.717, 1.165) is 38.8 Å². The molecular weight excluding hydrogens is 376 g/mol. The number of nitrogens with two attached hydrogens (primary N) is 1. The molecule has 1 saturated carbocycles. The molecule has 6 nitrogen and oxygen atoms in total. The first kappa shape index (κ1) is 19.3. The number of hydrogen-bond acceptors (Lipinski definition) is 5. The Morgan fingerprint density at radius 2 is 2.07 bits per heavy atom. The van der Waals surface area contributed by atoms with Gasteiger partial charge in [-0.05, 0) is 48.1 Å². The van der Waals surface area contributed by atoms with Crippen LogP contribution < -0.4 is 16.2 Å². The second kappa shape index (κ2) is 7.26. The maximum atomic E-state index is 12.8. The number of benzene rings is 1. The first-order valence-corrected chi connectivity index (χ1v) is 10.8. The molecule has 1 saturated heterocycles. The number of aromatic nitrogens is 2. The monoisotopic (exact) mass is 404 g/mol. The fourth-order valence-electron chi connectivity index (χ4n) is 5.17. The van der Waals surface area contributed by atoms with Crippen LogP contribution in [-0.4, -0.2) is 34.4 Å². The molecule has 2 aliphatic carbocycles. The lowest BCUT2D eigenvalue weighted by molar-refractivity contribution is 0.186. The molecule has 3 aliphatic rings. The first-order chi connectivity index (χ1) is 14.5. The number of fused-ring (bicyclic) bond motifs is 1. The van der Waals surface area contributed by atoms with Gasteiger partial charge >= 0.3 is 0 Å². The van der Waals surface area contributed by atoms with Crippen LogP contribution >= 0.6 is 0 Å². The van der Waals surface area contributed by atoms with E-state index >= 15 is 0 Å². The topological polar surface area (TPSA) is 84.4 Å². The quantitative estimate of drug-likeness (QED) is 0.743. The van der Waals surface area contributed by atoms with Crippen molar-refractivity contribution in [3.63, 3.8) is 0 Å². The summed E-state index contributed by atoms with van der Waals surface area (Å²) in [5.41, 5.74) is 9.77. The molecule has 5 rings (SSSR count). The summed E-state index contributed by atoms with van der Waals surface area (Å²) >= 11 is 0. The molecule has 1 aliphatic heterocycles. The minimum atomic E-state index is -0.112. The number of anilines is 1. The van der Waals surface area contributed by atoms with Gasteiger partial charge < -0.3 is 15.7 Å². The molecule has 2 aromatic rings. The van der Waals surface area contributed by atoms with Gasteiger partial charge in [0.1, 0.15) is 5.56 Å². The highest BCUT2D eigenvalue weighted by Crippen LogP contribution is 2.50. The summed E-state index contributed by atoms with van der Waals surface area (Å²) in [5.74, 6) is 7.24. The summed E-state index contributed by atoms with van der Waals surface area (Å²) in [6.45, 7) is 1.85. The Kier molecular flexibility index (Phi) is 4.68. The third-order valence-electron chi connectivity index (χ3n) is 7.33. The van der Waals surface area contributed by atoms with Crippen molar-refractivity contribution in [3.05, 3.63) is 57.5 Å². The van der Waals surface area contributed by atoms with E-state index in [0.29, 0.717) is 11.5 Å². The van der Waals surface area contributed by atoms with E-state index in [2.05, 4.69) is 46.0 Å². The third kappa shape index (κ3) is 3.13. The predicted octanol–water partition coefficient (Wildman–Crippen LogP) is 1.60. The summed E-state index contributed by atoms with van der Waals surface area (Å²) in [7, 11) is 1.77. The van der Waals surface area contributed by atoms with Gasteiger partial charge in [-0.1, -0.05) is 36.1 Å². The second-order valence-electron chi connectivity index (χ2n) is 9.09. The highest BCUT2D eigenvalue weighted by Gasteiger charge is 2.46. The van der Waals surface area contributed by atoms with E-state index in [4.69, 9.17) is 10.8 Å². The molecule has 6 heteroatoms. The van der Waals surface area contributed by atoms with E-state index in [1.54, 1.807) is 17.8 Å². The van der Waals surface area contributed by atoms with Crippen LogP contribution in [-0.2, 0) is 13.5 Å². The standard InChI is InChI=1S/C24H28N4O2/c1-27-22(30)18(7-6-16-12-19(16)15-29)14-26-23(27)28-10-8-24(9-11-28)13-17-4-2-3-5-20(17)21(24)25/h2-5,14,16,19,21,29H,8-13,15,25H2,1H3/t16?,19?,21-/m1/s1. The summed E-state index contributed by atoms with van der Waals surface area (Å²) in [6.07, 6.45) is 5.53. The molecule has 2 fully saturated rings. The molecule has 0 amide bonds. The SMILES string of the molecule is Cn1c(N2CCC3(CC2)Cc2ccccc2[C@H]3N)ncc(C#CC2CC2CO)c1=O. The zero-order chi connectivity index (χ0) is 20.9. The van der Waals surface area contributed by atoms with Crippen molar-refractivity contribution in [2.24, 2.45) is 30.0 Å². The molecule has 1 spiro atoms. The highest BCUT2D eigenvalue weighted by molar-refractivity contribution is 5.42. The average molecular weight is 405 g/mol. The molecule has 0 radical (unpaired) electrons. The number of nitrogens with zero attached hydrogens (tertiary/aromatic N) is 3. The van der Waals surface area contributed by atoms with Gasteiger partial charge in [0.2, 0.25) is 5.95 Å². The average Bonchev–Trinajstić information content (AvgIpc) is 3.48. The molecule has 30 heavy (non-hydrogen) atoms. The van der Waals surface area contributed by atoms with E-state index in [1.165, 1.54) is 11.1 Å². The highest BCUT2D eigenvalue weighted by atomic mass is 16.3. The van der Waals surface area contributed by atoms with Gasteiger partial charge in [0.25, 0.3) is 5.56 Å². The largest absolute Gasteiger partial charge is 0.396 e. The Hall–Kier alpha value is -2.62. The van der Waals surface area contributed by atoms with Crippen LogP contribution in [0.15, 0.2) is 35.3 Å². The van der Waals surface area contributed by atoms with Crippen molar-refractivity contribution in [1.29, 1.82) is 0 Å². The maximum absolute atomic E-state index is 12.8. The van der Waals surface area contributed by atoms with E-state index < -0.39 is 0 Å². The molecule has 3 N–H and O–H groups in total. The lowest BCUT2D eigenvalue weighted by Gasteiger charge is -2.42. The minimum absolute atomic E-state index is 0.0791. The van der Waals surface area contributed by atoms with Gasteiger partial charge in [0.15, 0.2) is 0 Å². The summed E-state index contributed by atoms with van der Waals surface area (Å²) in [4.78, 5) is 19.6. The number of piperidine rings is 1. The van der Waals surface area contributed by atoms with Gasteiger partial charge in [-0.15, -0.1) is 0 Å². The van der Waals surface area contributed by atoms with Crippen LogP contribution in [0.3, 0.4) is 0 Å². The zero-order valence-corrected chi connectivity index (χ0v) is 17.3. The number of aliphatic hydroxyl groups is 1. The van der Waals surface area contributed by atoms with E-state index in [-0.39, 0.29) is 35.5 Å². The van der Waals surface area contributed by atoms with Gasteiger partial charge in [-0.3, -0.25) is 9.36 Å². The van der Waals surface area contributed by atoms with Gasteiger partial charge in [-0.25, -0.2) is 4.98 Å². The lowest BCUT2D eigenvalue weighted by Crippen LogP contribution is -2.46. The Morgan fingerprint density at radius 1 is 1.30 bits per heavy atom. The molecule has 3 atom stereocenters. The first-order valence-electron chi connectivity index (χ1n) is 10.8. The number of rotatable bonds is 2. The van der Waals surface area contributed by atoms with Crippen molar-refractivity contribution in [2.75, 3.05) is 24.6 Å². The maximum Gasteiger partial charge on any atom is 0.270 e. The van der Waals surface area contributed by atoms with Crippen molar-refractivity contribution in [3.8, 4) is 11.8 Å². The van der Waals surface area contributed by atoms with Crippen LogP contribution in [0.5, 0.6) is 0 Å². The van der Waals surface area contributed by atoms with Crippen molar-refractivity contribution in [1.82, 2.24) is 9.55 Å². The summed E-state index contributed by atoms with van der Waals surface area (Å²) in [5, 5.41) is 9.14. The van der Waals surface area contributed by atoms with Crippen LogP contribution in [0.4, 0.5) is 5.95 Å². The molecule has 156 valence electrons. The zero-order valence-electron chi connectivity index (χ0n) is 17.3. The molecule has 2 unspecified atom stereocenters. The lowest BCUT2D eigenvalue weighted by atomic mass is 9.73. The van der Waals surface area contributed by atoms with Crippen LogP contribution in [0.25, 0.3) is 0 Å². The Bertz CT molecular complexity index is 1090. The molecule has 2 heterocycles. The van der Waals surface area contributed by atoms with E-state index in [9.17, 15) is 4.79 Å². The third-order valence-corrected chi connectivity index (χ3v) is 7.33. The molecular formula is C24H28N4O2. The van der Waals surface area contributed by atoms with Gasteiger partial charge in [-0.2, -0.15) is 0 Å². The Morgan fingerprint density at radius 3 is 2.77 bits per heavy atom. The van der Waals surface area contributed by atoms with Crippen LogP contribution in [0.2, 0.25) is 0 Å². The molecule has 1 aromatic carbocycles. The summed E-state index contributed by atoms with van der Waals surface area (Å²) < 4.78 is 1.61. The van der Waals surface area contributed by atoms with E-state index in [1.807, 2.05) is 0 Å². The minimum Gasteiger partial charge on any atom is -0.396 e. The fraction of sp³-hybridized carbons (Fsp3) is 0.500. The van der Waals surface area contributed by atoms with Crippen molar-refractivity contribution >= 4 is 5.95 Å². The predicted molar refractivity (Wildman–Crippen MR) is 116 cm³/mol. The number of hydrogen-bond donors (Lipinski definition) is 2. The van der Waals surface area contributed by atoms with Crippen LogP contribution in [0, 0.1) is 29.1 Å². The van der Waals surface area contributed by atoms with Crippen molar-refractivity contribution in [2.45, 2.75) is 31.7 Å². The smallest absolute Gasteiger partial charge is 0.270 e.